The minimum Gasteiger partial charge on any atom is -0.507 e. The molecule has 0 amide bonds. The molecule has 170 valence electrons. The highest BCUT2D eigenvalue weighted by Crippen LogP contribution is 2.42. The van der Waals surface area contributed by atoms with Crippen LogP contribution >= 0.6 is 11.8 Å². The second-order valence-electron chi connectivity index (χ2n) is 8.40. The lowest BCUT2D eigenvalue weighted by atomic mass is 9.86. The first-order valence-electron chi connectivity index (χ1n) is 10.8. The molecule has 6 heteroatoms. The predicted octanol–water partition coefficient (Wildman–Crippen LogP) is 6.81. The molecule has 0 aliphatic heterocycles. The van der Waals surface area contributed by atoms with Gasteiger partial charge in [-0.15, -0.1) is 11.8 Å². The highest BCUT2D eigenvalue weighted by atomic mass is 32.2. The molecule has 0 spiro atoms. The van der Waals surface area contributed by atoms with Crippen LogP contribution in [0.5, 0.6) is 5.75 Å². The van der Waals surface area contributed by atoms with Crippen molar-refractivity contribution in [3.63, 3.8) is 0 Å². The lowest BCUT2D eigenvalue weighted by Gasteiger charge is -2.25. The molecular weight excluding hydrogens is 428 g/mol. The van der Waals surface area contributed by atoms with E-state index in [0.29, 0.717) is 17.7 Å². The number of rotatable bonds is 8. The number of benzene rings is 2. The first-order valence-corrected chi connectivity index (χ1v) is 11.7. The monoisotopic (exact) mass is 457 g/mol. The van der Waals surface area contributed by atoms with E-state index in [0.717, 1.165) is 39.0 Å². The average Bonchev–Trinajstić information content (AvgIpc) is 2.73. The molecule has 3 rings (SSSR count). The third kappa shape index (κ3) is 5.30. The Hall–Kier alpha value is -2.44. The van der Waals surface area contributed by atoms with Gasteiger partial charge in [0.25, 0.3) is 0 Å². The van der Waals surface area contributed by atoms with Crippen molar-refractivity contribution < 1.29 is 19.0 Å². The maximum absolute atomic E-state index is 13.8. The van der Waals surface area contributed by atoms with Gasteiger partial charge in [0, 0.05) is 40.3 Å². The molecule has 0 fully saturated rings. The molecule has 0 unspecified atom stereocenters. The van der Waals surface area contributed by atoms with E-state index < -0.39 is 5.82 Å². The van der Waals surface area contributed by atoms with Crippen molar-refractivity contribution in [2.45, 2.75) is 56.6 Å². The van der Waals surface area contributed by atoms with Gasteiger partial charge < -0.3 is 10.2 Å². The fraction of sp³-hybridized carbons (Fsp3) is 0.346. The number of halogens is 2. The molecule has 2 aromatic carbocycles. The summed E-state index contributed by atoms with van der Waals surface area (Å²) >= 11 is 1.55. The first kappa shape index (κ1) is 24.2. The third-order valence-corrected chi connectivity index (χ3v) is 6.38. The topological polar surface area (TPSA) is 53.4 Å². The minimum absolute atomic E-state index is 0.0675. The summed E-state index contributed by atoms with van der Waals surface area (Å²) in [6, 6.07) is 10.3. The Kier molecular flexibility index (Phi) is 7.91. The van der Waals surface area contributed by atoms with E-state index in [9.17, 15) is 19.0 Å². The Morgan fingerprint density at radius 2 is 1.47 bits per heavy atom. The molecule has 1 aromatic heterocycles. The van der Waals surface area contributed by atoms with Gasteiger partial charge in [-0.3, -0.25) is 4.98 Å². The second-order valence-corrected chi connectivity index (χ2v) is 9.45. The van der Waals surface area contributed by atoms with Gasteiger partial charge in [0.05, 0.1) is 0 Å². The summed E-state index contributed by atoms with van der Waals surface area (Å²) in [5, 5.41) is 20.5. The lowest BCUT2D eigenvalue weighted by molar-refractivity contribution is 0.299. The summed E-state index contributed by atoms with van der Waals surface area (Å²) in [4.78, 5) is 5.92. The van der Waals surface area contributed by atoms with Gasteiger partial charge in [-0.05, 0) is 71.3 Å². The van der Waals surface area contributed by atoms with Crippen molar-refractivity contribution in [1.29, 1.82) is 0 Å². The highest BCUT2D eigenvalue weighted by molar-refractivity contribution is 7.98. The van der Waals surface area contributed by atoms with Crippen LogP contribution in [0.3, 0.4) is 0 Å². The van der Waals surface area contributed by atoms with Crippen LogP contribution in [0.2, 0.25) is 0 Å². The molecule has 0 atom stereocenters. The normalized spacial score (nSPS) is 11.5. The summed E-state index contributed by atoms with van der Waals surface area (Å²) in [6.07, 6.45) is 0.374. The quantitative estimate of drug-likeness (QED) is 0.365. The molecule has 0 aliphatic rings. The van der Waals surface area contributed by atoms with Gasteiger partial charge in [-0.2, -0.15) is 0 Å². The number of aliphatic hydroxyl groups excluding tert-OH is 1. The Morgan fingerprint density at radius 3 is 2.03 bits per heavy atom. The van der Waals surface area contributed by atoms with Crippen LogP contribution < -0.4 is 0 Å². The molecule has 0 saturated carbocycles. The SMILES string of the molecule is CC(C)c1nc(C(C)C)c(CSc2ccc(F)cc2)c(-c2ccc(F)cc2O)c1CCO. The van der Waals surface area contributed by atoms with Crippen molar-refractivity contribution in [2.24, 2.45) is 0 Å². The lowest BCUT2D eigenvalue weighted by Crippen LogP contribution is -2.13. The van der Waals surface area contributed by atoms with Crippen LogP contribution in [0.25, 0.3) is 11.1 Å². The fourth-order valence-electron chi connectivity index (χ4n) is 3.90. The van der Waals surface area contributed by atoms with Crippen molar-refractivity contribution in [3.05, 3.63) is 76.6 Å². The summed E-state index contributed by atoms with van der Waals surface area (Å²) < 4.78 is 27.1. The van der Waals surface area contributed by atoms with Gasteiger partial charge in [0.2, 0.25) is 0 Å². The number of aliphatic hydroxyl groups is 1. The summed E-state index contributed by atoms with van der Waals surface area (Å²) in [7, 11) is 0. The Balaban J connectivity index is 2.27. The van der Waals surface area contributed by atoms with Gasteiger partial charge in [-0.25, -0.2) is 8.78 Å². The molecule has 0 radical (unpaired) electrons. The zero-order valence-electron chi connectivity index (χ0n) is 18.8. The molecule has 3 nitrogen and oxygen atoms in total. The molecule has 32 heavy (non-hydrogen) atoms. The second kappa shape index (κ2) is 10.5. The largest absolute Gasteiger partial charge is 0.507 e. The molecular formula is C26H29F2NO2S. The number of aromatic nitrogens is 1. The Bertz CT molecular complexity index is 1080. The van der Waals surface area contributed by atoms with E-state index >= 15 is 0 Å². The van der Waals surface area contributed by atoms with Crippen molar-refractivity contribution >= 4 is 11.8 Å². The number of pyridine rings is 1. The molecule has 0 aliphatic carbocycles. The van der Waals surface area contributed by atoms with Crippen molar-refractivity contribution in [2.75, 3.05) is 6.61 Å². The molecule has 3 aromatic rings. The third-order valence-electron chi connectivity index (χ3n) is 5.34. The predicted molar refractivity (Wildman–Crippen MR) is 126 cm³/mol. The maximum Gasteiger partial charge on any atom is 0.126 e. The van der Waals surface area contributed by atoms with Crippen LogP contribution in [0.15, 0.2) is 47.4 Å². The van der Waals surface area contributed by atoms with E-state index in [1.807, 2.05) is 0 Å². The number of thioether (sulfide) groups is 1. The summed E-state index contributed by atoms with van der Waals surface area (Å²) in [6.45, 7) is 8.17. The molecule has 1 heterocycles. The van der Waals surface area contributed by atoms with E-state index in [1.54, 1.807) is 30.0 Å². The maximum atomic E-state index is 13.8. The number of aromatic hydroxyl groups is 1. The summed E-state index contributed by atoms with van der Waals surface area (Å²) in [5.41, 5.74) is 4.90. The molecule has 2 N–H and O–H groups in total. The first-order chi connectivity index (χ1) is 15.2. The average molecular weight is 458 g/mol. The minimum atomic E-state index is -0.514. The van der Waals surface area contributed by atoms with Gasteiger partial charge in [-0.1, -0.05) is 27.7 Å². The Morgan fingerprint density at radius 1 is 0.875 bits per heavy atom. The molecule has 0 saturated heterocycles. The van der Waals surface area contributed by atoms with E-state index in [4.69, 9.17) is 4.98 Å². The zero-order chi connectivity index (χ0) is 23.4. The fourth-order valence-corrected chi connectivity index (χ4v) is 4.83. The van der Waals surface area contributed by atoms with Crippen LogP contribution in [-0.2, 0) is 12.2 Å². The van der Waals surface area contributed by atoms with E-state index in [1.165, 1.54) is 18.2 Å². The number of hydrogen-bond donors (Lipinski definition) is 2. The van der Waals surface area contributed by atoms with Gasteiger partial charge in [0.15, 0.2) is 0 Å². The van der Waals surface area contributed by atoms with E-state index in [-0.39, 0.29) is 30.0 Å². The molecule has 0 bridgehead atoms. The highest BCUT2D eigenvalue weighted by Gasteiger charge is 2.25. The van der Waals surface area contributed by atoms with Crippen molar-refractivity contribution in [1.82, 2.24) is 4.98 Å². The number of phenolic OH excluding ortho intramolecular Hbond substituents is 1. The van der Waals surface area contributed by atoms with Crippen molar-refractivity contribution in [3.8, 4) is 16.9 Å². The van der Waals surface area contributed by atoms with Gasteiger partial charge >= 0.3 is 0 Å². The van der Waals surface area contributed by atoms with Crippen LogP contribution in [0.1, 0.15) is 62.0 Å². The van der Waals surface area contributed by atoms with Gasteiger partial charge in [0.1, 0.15) is 17.4 Å². The standard InChI is InChI=1S/C26H29F2NO2S/c1-15(2)25-21(11-12-30)24(20-10-7-18(28)13-23(20)31)22(26(29-25)16(3)4)14-32-19-8-5-17(27)6-9-19/h5-10,13,15-16,30-31H,11-12,14H2,1-4H3. The smallest absolute Gasteiger partial charge is 0.126 e. The van der Waals surface area contributed by atoms with E-state index in [2.05, 4.69) is 27.7 Å². The Labute approximate surface area is 192 Å². The number of phenols is 1. The number of nitrogens with zero attached hydrogens (tertiary/aromatic N) is 1. The number of hydrogen-bond acceptors (Lipinski definition) is 4. The summed E-state index contributed by atoms with van der Waals surface area (Å²) in [5.74, 6) is -0.195. The van der Waals surface area contributed by atoms with Crippen LogP contribution in [0.4, 0.5) is 8.78 Å². The van der Waals surface area contributed by atoms with Crippen LogP contribution in [-0.4, -0.2) is 21.8 Å². The van der Waals surface area contributed by atoms with Crippen LogP contribution in [0, 0.1) is 11.6 Å². The zero-order valence-corrected chi connectivity index (χ0v) is 19.6.